The van der Waals surface area contributed by atoms with Crippen LogP contribution in [0.4, 0.5) is 0 Å². The van der Waals surface area contributed by atoms with E-state index in [4.69, 9.17) is 0 Å². The van der Waals surface area contributed by atoms with Crippen LogP contribution in [0.2, 0.25) is 0 Å². The fourth-order valence-corrected chi connectivity index (χ4v) is 6.18. The third-order valence-corrected chi connectivity index (χ3v) is 8.62. The van der Waals surface area contributed by atoms with Crippen molar-refractivity contribution in [3.05, 3.63) is 29.8 Å². The highest BCUT2D eigenvalue weighted by Gasteiger charge is 2.51. The van der Waals surface area contributed by atoms with Crippen molar-refractivity contribution in [1.29, 1.82) is 0 Å². The van der Waals surface area contributed by atoms with Gasteiger partial charge >= 0.3 is 0 Å². The number of nitrogens with zero attached hydrogens (tertiary/aromatic N) is 1. The minimum absolute atomic E-state index is 0.159. The van der Waals surface area contributed by atoms with Gasteiger partial charge in [-0.25, -0.2) is 12.7 Å². The van der Waals surface area contributed by atoms with E-state index in [9.17, 15) is 13.2 Å². The third-order valence-electron chi connectivity index (χ3n) is 4.90. The minimum Gasteiger partial charge on any atom is -0.274 e. The van der Waals surface area contributed by atoms with Crippen molar-refractivity contribution < 1.29 is 13.2 Å². The number of amides is 1. The fraction of sp³-hybridized carbons (Fsp3) is 0.562. The number of carbonyl (C=O) groups is 1. The largest absolute Gasteiger partial charge is 0.274 e. The van der Waals surface area contributed by atoms with E-state index in [0.717, 1.165) is 29.1 Å². The van der Waals surface area contributed by atoms with Crippen molar-refractivity contribution in [2.24, 2.45) is 5.41 Å². The maximum absolute atomic E-state index is 12.8. The molecular formula is C16H20INO3S. The maximum atomic E-state index is 12.8. The van der Waals surface area contributed by atoms with E-state index in [2.05, 4.69) is 22.6 Å². The Balaban J connectivity index is 1.91. The molecule has 2 fully saturated rings. The lowest BCUT2D eigenvalue weighted by Crippen LogP contribution is -2.39. The van der Waals surface area contributed by atoms with E-state index >= 15 is 0 Å². The van der Waals surface area contributed by atoms with Crippen LogP contribution in [0.25, 0.3) is 0 Å². The summed E-state index contributed by atoms with van der Waals surface area (Å²) >= 11 is 2.41. The number of benzene rings is 1. The number of halogens is 1. The molecule has 3 rings (SSSR count). The normalized spacial score (nSPS) is 29.3. The van der Waals surface area contributed by atoms with Crippen molar-refractivity contribution in [2.75, 3.05) is 6.54 Å². The number of alkyl halides is 1. The average molecular weight is 433 g/mol. The Morgan fingerprint density at radius 2 is 1.91 bits per heavy atom. The number of hydrogen-bond donors (Lipinski definition) is 0. The van der Waals surface area contributed by atoms with Gasteiger partial charge in [-0.1, -0.05) is 53.1 Å². The lowest BCUT2D eigenvalue weighted by molar-refractivity contribution is -0.124. The molecule has 6 heteroatoms. The van der Waals surface area contributed by atoms with E-state index in [1.807, 2.05) is 6.92 Å². The summed E-state index contributed by atoms with van der Waals surface area (Å²) in [6.07, 6.45) is 4.66. The molecule has 0 aromatic heterocycles. The van der Waals surface area contributed by atoms with Gasteiger partial charge in [0.25, 0.3) is 10.0 Å². The molecule has 1 aromatic carbocycles. The topological polar surface area (TPSA) is 54.5 Å². The number of sulfonamides is 1. The summed E-state index contributed by atoms with van der Waals surface area (Å²) in [5.74, 6) is -0.246. The molecule has 1 spiro atoms. The van der Waals surface area contributed by atoms with Crippen molar-refractivity contribution in [3.63, 3.8) is 0 Å². The van der Waals surface area contributed by atoms with Gasteiger partial charge in [-0.2, -0.15) is 0 Å². The van der Waals surface area contributed by atoms with Gasteiger partial charge in [0.05, 0.1) is 4.90 Å². The zero-order valence-corrected chi connectivity index (χ0v) is 15.6. The van der Waals surface area contributed by atoms with Crippen LogP contribution in [-0.2, 0) is 14.8 Å². The smallest absolute Gasteiger partial charge is 0.266 e. The molecule has 22 heavy (non-hydrogen) atoms. The highest BCUT2D eigenvalue weighted by Crippen LogP contribution is 2.49. The highest BCUT2D eigenvalue weighted by molar-refractivity contribution is 14.1. The maximum Gasteiger partial charge on any atom is 0.266 e. The molecule has 1 saturated carbocycles. The van der Waals surface area contributed by atoms with Gasteiger partial charge in [0, 0.05) is 22.3 Å². The SMILES string of the molecule is Cc1ccc(S(=O)(=O)N2C[C@]3(CCCC[C@@H]3I)CC2=O)cc1. The molecule has 2 aliphatic rings. The van der Waals surface area contributed by atoms with E-state index in [1.165, 1.54) is 6.42 Å². The molecule has 0 radical (unpaired) electrons. The number of aryl methyl sites for hydroxylation is 1. The Morgan fingerprint density at radius 3 is 2.55 bits per heavy atom. The second-order valence-electron chi connectivity index (χ2n) is 6.47. The van der Waals surface area contributed by atoms with Gasteiger partial charge < -0.3 is 0 Å². The lowest BCUT2D eigenvalue weighted by atomic mass is 9.73. The Kier molecular flexibility index (Phi) is 4.26. The predicted octanol–water partition coefficient (Wildman–Crippen LogP) is 3.28. The zero-order valence-electron chi connectivity index (χ0n) is 12.6. The second-order valence-corrected chi connectivity index (χ2v) is 9.84. The first-order valence-electron chi connectivity index (χ1n) is 7.61. The van der Waals surface area contributed by atoms with Gasteiger partial charge in [0.15, 0.2) is 0 Å². The summed E-state index contributed by atoms with van der Waals surface area (Å²) < 4.78 is 27.1. The number of rotatable bonds is 2. The molecule has 1 heterocycles. The van der Waals surface area contributed by atoms with Crippen LogP contribution < -0.4 is 0 Å². The quantitative estimate of drug-likeness (QED) is 0.532. The van der Waals surface area contributed by atoms with Crippen LogP contribution in [0.15, 0.2) is 29.2 Å². The van der Waals surface area contributed by atoms with Crippen LogP contribution in [0.1, 0.15) is 37.7 Å². The first-order chi connectivity index (χ1) is 10.3. The first-order valence-corrected chi connectivity index (χ1v) is 10.3. The molecule has 1 amide bonds. The summed E-state index contributed by atoms with van der Waals surface area (Å²) in [6.45, 7) is 2.25. The van der Waals surface area contributed by atoms with Gasteiger partial charge in [0.1, 0.15) is 0 Å². The molecule has 0 bridgehead atoms. The Labute approximate surface area is 145 Å². The van der Waals surface area contributed by atoms with Gasteiger partial charge in [-0.05, 0) is 31.9 Å². The van der Waals surface area contributed by atoms with Gasteiger partial charge in [-0.3, -0.25) is 4.79 Å². The molecule has 1 saturated heterocycles. The van der Waals surface area contributed by atoms with Gasteiger partial charge in [0.2, 0.25) is 5.91 Å². The summed E-state index contributed by atoms with van der Waals surface area (Å²) in [5, 5.41) is 0. The van der Waals surface area contributed by atoms with Crippen LogP contribution in [0.3, 0.4) is 0 Å². The Hall–Kier alpha value is -0.630. The van der Waals surface area contributed by atoms with E-state index in [0.29, 0.717) is 16.9 Å². The Morgan fingerprint density at radius 1 is 1.23 bits per heavy atom. The first kappa shape index (κ1) is 16.2. The molecule has 0 unspecified atom stereocenters. The number of carbonyl (C=O) groups excluding carboxylic acids is 1. The number of hydrogen-bond acceptors (Lipinski definition) is 3. The van der Waals surface area contributed by atoms with Gasteiger partial charge in [-0.15, -0.1) is 0 Å². The fourth-order valence-electron chi connectivity index (χ4n) is 3.52. The van der Waals surface area contributed by atoms with Crippen molar-refractivity contribution >= 4 is 38.5 Å². The molecule has 2 atom stereocenters. The van der Waals surface area contributed by atoms with Crippen molar-refractivity contribution in [2.45, 2.75) is 47.8 Å². The minimum atomic E-state index is -3.72. The molecule has 1 aliphatic heterocycles. The van der Waals surface area contributed by atoms with Crippen molar-refractivity contribution in [3.8, 4) is 0 Å². The standard InChI is InChI=1S/C16H20INO3S/c1-12-5-7-13(8-6-12)22(20,21)18-11-16(10-15(18)19)9-3-2-4-14(16)17/h5-8,14H,2-4,9-11H2,1H3/t14-,16-/m0/s1. The zero-order chi connectivity index (χ0) is 16.0. The highest BCUT2D eigenvalue weighted by atomic mass is 127. The molecule has 120 valence electrons. The molecule has 1 aromatic rings. The Bertz CT molecular complexity index is 686. The van der Waals surface area contributed by atoms with E-state index < -0.39 is 10.0 Å². The average Bonchev–Trinajstić information content (AvgIpc) is 2.81. The third kappa shape index (κ3) is 2.68. The molecular weight excluding hydrogens is 413 g/mol. The molecule has 0 N–H and O–H groups in total. The van der Waals surface area contributed by atoms with E-state index in [-0.39, 0.29) is 16.2 Å². The molecule has 4 nitrogen and oxygen atoms in total. The van der Waals surface area contributed by atoms with E-state index in [1.54, 1.807) is 24.3 Å². The summed E-state index contributed by atoms with van der Waals surface area (Å²) in [5.41, 5.74) is 0.844. The monoisotopic (exact) mass is 433 g/mol. The second kappa shape index (κ2) is 5.78. The summed E-state index contributed by atoms with van der Waals surface area (Å²) in [6, 6.07) is 6.71. The van der Waals surface area contributed by atoms with Crippen LogP contribution in [0.5, 0.6) is 0 Å². The summed E-state index contributed by atoms with van der Waals surface area (Å²) in [7, 11) is -3.72. The van der Waals surface area contributed by atoms with Crippen LogP contribution in [-0.4, -0.2) is 29.1 Å². The van der Waals surface area contributed by atoms with Crippen LogP contribution >= 0.6 is 22.6 Å². The van der Waals surface area contributed by atoms with Crippen LogP contribution in [0, 0.1) is 12.3 Å². The lowest BCUT2D eigenvalue weighted by Gasteiger charge is -2.37. The van der Waals surface area contributed by atoms with Crippen molar-refractivity contribution in [1.82, 2.24) is 4.31 Å². The summed E-state index contributed by atoms with van der Waals surface area (Å²) in [4.78, 5) is 12.6. The predicted molar refractivity (Wildman–Crippen MR) is 93.4 cm³/mol. The molecule has 1 aliphatic carbocycles.